The van der Waals surface area contributed by atoms with Gasteiger partial charge in [-0.3, -0.25) is 9.59 Å². The van der Waals surface area contributed by atoms with Gasteiger partial charge in [0.2, 0.25) is 21.2 Å². The number of halogens is 1. The highest BCUT2D eigenvalue weighted by molar-refractivity contribution is 7.91. The average molecular weight is 479 g/mol. The lowest BCUT2D eigenvalue weighted by atomic mass is 10.1. The van der Waals surface area contributed by atoms with E-state index in [2.05, 4.69) is 5.32 Å². The van der Waals surface area contributed by atoms with Crippen molar-refractivity contribution < 1.29 is 17.6 Å². The molecule has 0 spiro atoms. The van der Waals surface area contributed by atoms with E-state index in [1.165, 1.54) is 22.8 Å². The smallest absolute Gasteiger partial charge is 0.244 e. The first-order valence-electron chi connectivity index (χ1n) is 10.6. The number of rotatable bonds is 5. The van der Waals surface area contributed by atoms with E-state index < -0.39 is 31.9 Å². The molecule has 0 aliphatic carbocycles. The van der Waals surface area contributed by atoms with Crippen LogP contribution in [0.2, 0.25) is 0 Å². The molecule has 0 fully saturated rings. The molecule has 0 aliphatic rings. The maximum atomic E-state index is 14.0. The second-order valence-corrected chi connectivity index (χ2v) is 10.2. The Hall–Kier alpha value is -3.78. The summed E-state index contributed by atoms with van der Waals surface area (Å²) in [5, 5.41) is 2.65. The summed E-state index contributed by atoms with van der Waals surface area (Å²) in [5.41, 5.74) is 2.65. The van der Waals surface area contributed by atoms with Crippen molar-refractivity contribution >= 4 is 32.3 Å². The molecule has 1 amide bonds. The van der Waals surface area contributed by atoms with Gasteiger partial charge in [0, 0.05) is 17.3 Å². The zero-order valence-electron chi connectivity index (χ0n) is 18.9. The van der Waals surface area contributed by atoms with Crippen molar-refractivity contribution in [2.45, 2.75) is 37.1 Å². The van der Waals surface area contributed by atoms with Gasteiger partial charge in [0.05, 0.1) is 10.4 Å². The van der Waals surface area contributed by atoms with Crippen molar-refractivity contribution in [3.63, 3.8) is 0 Å². The predicted molar refractivity (Wildman–Crippen MR) is 129 cm³/mol. The number of anilines is 1. The number of nitrogens with one attached hydrogen (secondary N) is 1. The van der Waals surface area contributed by atoms with E-state index in [-0.39, 0.29) is 22.3 Å². The Kier molecular flexibility index (Phi) is 6.10. The van der Waals surface area contributed by atoms with E-state index >= 15 is 0 Å². The van der Waals surface area contributed by atoms with Crippen molar-refractivity contribution in [2.24, 2.45) is 0 Å². The minimum absolute atomic E-state index is 0.0424. The summed E-state index contributed by atoms with van der Waals surface area (Å²) in [7, 11) is -4.22. The van der Waals surface area contributed by atoms with E-state index in [4.69, 9.17) is 0 Å². The third kappa shape index (κ3) is 4.49. The molecule has 8 heteroatoms. The number of amides is 1. The van der Waals surface area contributed by atoms with Crippen molar-refractivity contribution in [3.05, 3.63) is 99.6 Å². The molecule has 0 aliphatic heterocycles. The summed E-state index contributed by atoms with van der Waals surface area (Å²) in [6, 6.07) is 15.3. The van der Waals surface area contributed by atoms with Crippen LogP contribution in [-0.2, 0) is 21.2 Å². The predicted octanol–water partition coefficient (Wildman–Crippen LogP) is 4.54. The van der Waals surface area contributed by atoms with E-state index in [0.717, 1.165) is 35.0 Å². The number of nitrogens with zero attached hydrogens (tertiary/aromatic N) is 1. The fourth-order valence-corrected chi connectivity index (χ4v) is 5.20. The van der Waals surface area contributed by atoms with Gasteiger partial charge in [-0.05, 0) is 79.9 Å². The molecule has 0 saturated carbocycles. The highest BCUT2D eigenvalue weighted by Crippen LogP contribution is 2.24. The SMILES string of the molecule is Cc1cccc(NC(=O)Cn2cc(S(=O)(=O)c3ccc(C)c(C)c3)c(=O)c3cc(F)ccc32)c1. The van der Waals surface area contributed by atoms with Crippen LogP contribution in [0.15, 0.2) is 81.4 Å². The van der Waals surface area contributed by atoms with Crippen LogP contribution < -0.4 is 10.7 Å². The number of fused-ring (bicyclic) bond motifs is 1. The van der Waals surface area contributed by atoms with Crippen molar-refractivity contribution in [1.82, 2.24) is 4.57 Å². The van der Waals surface area contributed by atoms with E-state index in [9.17, 15) is 22.4 Å². The largest absolute Gasteiger partial charge is 0.336 e. The molecular weight excluding hydrogens is 455 g/mol. The number of benzene rings is 3. The lowest BCUT2D eigenvalue weighted by Crippen LogP contribution is -2.24. The maximum absolute atomic E-state index is 14.0. The Labute approximate surface area is 196 Å². The molecule has 0 atom stereocenters. The number of pyridine rings is 1. The first-order valence-corrected chi connectivity index (χ1v) is 12.1. The summed E-state index contributed by atoms with van der Waals surface area (Å²) >= 11 is 0. The highest BCUT2D eigenvalue weighted by atomic mass is 32.2. The van der Waals surface area contributed by atoms with E-state index in [1.807, 2.05) is 19.9 Å². The summed E-state index contributed by atoms with van der Waals surface area (Å²) in [4.78, 5) is 25.4. The molecule has 34 heavy (non-hydrogen) atoms. The standard InChI is InChI=1S/C26H23FN2O4S/c1-16-5-4-6-20(11-16)28-25(30)15-29-14-24(26(31)22-13-19(27)8-10-23(22)29)34(32,33)21-9-7-17(2)18(3)12-21/h4-14H,15H2,1-3H3,(H,28,30). The molecule has 3 aromatic carbocycles. The number of hydrogen-bond acceptors (Lipinski definition) is 4. The number of carbonyl (C=O) groups is 1. The first kappa shape index (κ1) is 23.4. The van der Waals surface area contributed by atoms with Crippen LogP contribution in [-0.4, -0.2) is 18.9 Å². The lowest BCUT2D eigenvalue weighted by Gasteiger charge is -2.15. The Morgan fingerprint density at radius 2 is 1.74 bits per heavy atom. The van der Waals surface area contributed by atoms with Gasteiger partial charge in [-0.1, -0.05) is 18.2 Å². The van der Waals surface area contributed by atoms with Crippen LogP contribution in [0.25, 0.3) is 10.9 Å². The van der Waals surface area contributed by atoms with Crippen molar-refractivity contribution in [2.75, 3.05) is 5.32 Å². The number of aromatic nitrogens is 1. The van der Waals surface area contributed by atoms with Crippen LogP contribution in [0.3, 0.4) is 0 Å². The Balaban J connectivity index is 1.84. The third-order valence-corrected chi connectivity index (χ3v) is 7.45. The molecule has 1 N–H and O–H groups in total. The normalized spacial score (nSPS) is 11.5. The number of hydrogen-bond donors (Lipinski definition) is 1. The highest BCUT2D eigenvalue weighted by Gasteiger charge is 2.25. The number of carbonyl (C=O) groups excluding carboxylic acids is 1. The topological polar surface area (TPSA) is 85.2 Å². The monoisotopic (exact) mass is 478 g/mol. The Morgan fingerprint density at radius 1 is 0.971 bits per heavy atom. The molecule has 6 nitrogen and oxygen atoms in total. The molecule has 1 heterocycles. The second-order valence-electron chi connectivity index (χ2n) is 8.28. The van der Waals surface area contributed by atoms with E-state index in [1.54, 1.807) is 31.2 Å². The fraction of sp³-hybridized carbons (Fsp3) is 0.154. The minimum atomic E-state index is -4.22. The van der Waals surface area contributed by atoms with Crippen LogP contribution >= 0.6 is 0 Å². The number of sulfone groups is 1. The summed E-state index contributed by atoms with van der Waals surface area (Å²) < 4.78 is 42.2. The zero-order chi connectivity index (χ0) is 24.6. The Morgan fingerprint density at radius 3 is 2.44 bits per heavy atom. The van der Waals surface area contributed by atoms with Gasteiger partial charge in [-0.15, -0.1) is 0 Å². The van der Waals surface area contributed by atoms with Gasteiger partial charge in [-0.25, -0.2) is 12.8 Å². The molecule has 1 aromatic heterocycles. The van der Waals surface area contributed by atoms with Crippen molar-refractivity contribution in [3.8, 4) is 0 Å². The summed E-state index contributed by atoms with van der Waals surface area (Å²) in [6.45, 7) is 5.25. The zero-order valence-corrected chi connectivity index (χ0v) is 19.7. The van der Waals surface area contributed by atoms with Crippen LogP contribution in [0.1, 0.15) is 16.7 Å². The lowest BCUT2D eigenvalue weighted by molar-refractivity contribution is -0.116. The molecule has 0 radical (unpaired) electrons. The summed E-state index contributed by atoms with van der Waals surface area (Å²) in [5.74, 6) is -1.10. The fourth-order valence-electron chi connectivity index (χ4n) is 3.75. The van der Waals surface area contributed by atoms with Gasteiger partial charge in [0.15, 0.2) is 0 Å². The van der Waals surface area contributed by atoms with E-state index in [0.29, 0.717) is 5.69 Å². The maximum Gasteiger partial charge on any atom is 0.244 e. The van der Waals surface area contributed by atoms with Crippen LogP contribution in [0.4, 0.5) is 10.1 Å². The van der Waals surface area contributed by atoms with Crippen molar-refractivity contribution in [1.29, 1.82) is 0 Å². The quantitative estimate of drug-likeness (QED) is 0.457. The van der Waals surface area contributed by atoms with Crippen LogP contribution in [0.5, 0.6) is 0 Å². The molecule has 0 bridgehead atoms. The number of aryl methyl sites for hydroxylation is 3. The third-order valence-electron chi connectivity index (χ3n) is 5.70. The molecule has 4 rings (SSSR count). The molecular formula is C26H23FN2O4S. The molecule has 0 saturated heterocycles. The minimum Gasteiger partial charge on any atom is -0.336 e. The molecule has 0 unspecified atom stereocenters. The van der Waals surface area contributed by atoms with Gasteiger partial charge < -0.3 is 9.88 Å². The second kappa shape index (κ2) is 8.87. The average Bonchev–Trinajstić information content (AvgIpc) is 2.77. The first-order chi connectivity index (χ1) is 16.1. The van der Waals surface area contributed by atoms with Gasteiger partial charge >= 0.3 is 0 Å². The summed E-state index contributed by atoms with van der Waals surface area (Å²) in [6.07, 6.45) is 1.16. The Bertz CT molecular complexity index is 1610. The van der Waals surface area contributed by atoms with Crippen LogP contribution in [0, 0.1) is 26.6 Å². The van der Waals surface area contributed by atoms with Gasteiger partial charge in [-0.2, -0.15) is 0 Å². The molecule has 4 aromatic rings. The van der Waals surface area contributed by atoms with Gasteiger partial charge in [0.1, 0.15) is 17.3 Å². The van der Waals surface area contributed by atoms with Gasteiger partial charge in [0.25, 0.3) is 0 Å². The molecule has 174 valence electrons.